The van der Waals surface area contributed by atoms with Gasteiger partial charge in [-0.1, -0.05) is 19.9 Å². The average molecular weight is 208 g/mol. The molecule has 0 aromatic heterocycles. The van der Waals surface area contributed by atoms with Gasteiger partial charge >= 0.3 is 6.09 Å². The molecule has 1 amide bonds. The number of nitrogens with one attached hydrogen (secondary N) is 1. The average Bonchev–Trinajstić information content (AvgIpc) is 2.15. The molecular weight excluding hydrogens is 192 g/mol. The summed E-state index contributed by atoms with van der Waals surface area (Å²) in [6, 6.07) is 6.96. The molecule has 0 aliphatic carbocycles. The Hall–Kier alpha value is -1.71. The standard InChI is InChI=1S/C11H16N2O2/c1-8(2)7-15-11(14)13-10-5-3-4-9(12)6-10/h3-6,8H,7,12H2,1-2H3,(H,13,14). The summed E-state index contributed by atoms with van der Waals surface area (Å²) in [6.45, 7) is 4.37. The number of hydrogen-bond acceptors (Lipinski definition) is 3. The molecule has 15 heavy (non-hydrogen) atoms. The van der Waals surface area contributed by atoms with Crippen LogP contribution in [0.25, 0.3) is 0 Å². The second-order valence-corrected chi connectivity index (χ2v) is 3.74. The molecule has 4 heteroatoms. The highest BCUT2D eigenvalue weighted by Gasteiger charge is 2.04. The minimum absolute atomic E-state index is 0.330. The zero-order valence-corrected chi connectivity index (χ0v) is 8.99. The topological polar surface area (TPSA) is 64.3 Å². The fraction of sp³-hybridized carbons (Fsp3) is 0.364. The zero-order valence-electron chi connectivity index (χ0n) is 8.99. The molecule has 1 aromatic carbocycles. The van der Waals surface area contributed by atoms with E-state index in [4.69, 9.17) is 10.5 Å². The van der Waals surface area contributed by atoms with Crippen LogP contribution >= 0.6 is 0 Å². The van der Waals surface area contributed by atoms with Gasteiger partial charge in [-0.25, -0.2) is 4.79 Å². The molecule has 82 valence electrons. The number of ether oxygens (including phenoxy) is 1. The van der Waals surface area contributed by atoms with Gasteiger partial charge in [0.25, 0.3) is 0 Å². The quantitative estimate of drug-likeness (QED) is 0.750. The van der Waals surface area contributed by atoms with Crippen molar-refractivity contribution in [1.82, 2.24) is 0 Å². The molecule has 0 heterocycles. The molecule has 0 atom stereocenters. The molecule has 0 saturated carbocycles. The Bertz CT molecular complexity index is 337. The highest BCUT2D eigenvalue weighted by atomic mass is 16.5. The van der Waals surface area contributed by atoms with E-state index < -0.39 is 6.09 Å². The van der Waals surface area contributed by atoms with Crippen LogP contribution in [0.1, 0.15) is 13.8 Å². The number of rotatable bonds is 3. The molecule has 0 fully saturated rings. The lowest BCUT2D eigenvalue weighted by atomic mass is 10.2. The zero-order chi connectivity index (χ0) is 11.3. The van der Waals surface area contributed by atoms with Crippen LogP contribution in [0, 0.1) is 5.92 Å². The monoisotopic (exact) mass is 208 g/mol. The number of hydrogen-bond donors (Lipinski definition) is 2. The Morgan fingerprint density at radius 1 is 1.53 bits per heavy atom. The number of carbonyl (C=O) groups excluding carboxylic acids is 1. The van der Waals surface area contributed by atoms with E-state index in [1.807, 2.05) is 13.8 Å². The summed E-state index contributed by atoms with van der Waals surface area (Å²) >= 11 is 0. The molecule has 3 N–H and O–H groups in total. The summed E-state index contributed by atoms with van der Waals surface area (Å²) in [7, 11) is 0. The van der Waals surface area contributed by atoms with Crippen molar-refractivity contribution in [2.24, 2.45) is 5.92 Å². The second kappa shape index (κ2) is 5.24. The van der Waals surface area contributed by atoms with E-state index in [-0.39, 0.29) is 0 Å². The lowest BCUT2D eigenvalue weighted by molar-refractivity contribution is 0.147. The predicted molar refractivity (Wildman–Crippen MR) is 60.7 cm³/mol. The molecule has 0 saturated heterocycles. The number of benzene rings is 1. The summed E-state index contributed by atoms with van der Waals surface area (Å²) in [6.07, 6.45) is -0.450. The fourth-order valence-corrected chi connectivity index (χ4v) is 1.01. The molecule has 0 radical (unpaired) electrons. The maximum Gasteiger partial charge on any atom is 0.411 e. The van der Waals surface area contributed by atoms with Crippen LogP contribution in [0.4, 0.5) is 16.2 Å². The van der Waals surface area contributed by atoms with Crippen molar-refractivity contribution < 1.29 is 9.53 Å². The van der Waals surface area contributed by atoms with Crippen molar-refractivity contribution in [3.63, 3.8) is 0 Å². The fourth-order valence-electron chi connectivity index (χ4n) is 1.01. The molecule has 0 spiro atoms. The van der Waals surface area contributed by atoms with Crippen molar-refractivity contribution >= 4 is 17.5 Å². The summed E-state index contributed by atoms with van der Waals surface area (Å²) in [5, 5.41) is 2.60. The van der Waals surface area contributed by atoms with E-state index >= 15 is 0 Å². The normalized spacial score (nSPS) is 10.1. The number of anilines is 2. The van der Waals surface area contributed by atoms with Crippen molar-refractivity contribution in [1.29, 1.82) is 0 Å². The van der Waals surface area contributed by atoms with E-state index in [2.05, 4.69) is 5.32 Å². The van der Waals surface area contributed by atoms with E-state index in [1.165, 1.54) is 0 Å². The highest BCUT2D eigenvalue weighted by molar-refractivity contribution is 5.85. The van der Waals surface area contributed by atoms with Gasteiger partial charge in [-0.15, -0.1) is 0 Å². The Balaban J connectivity index is 2.44. The van der Waals surface area contributed by atoms with Gasteiger partial charge in [0.15, 0.2) is 0 Å². The third kappa shape index (κ3) is 4.35. The molecule has 0 bridgehead atoms. The molecule has 0 unspecified atom stereocenters. The van der Waals surface area contributed by atoms with E-state index in [0.717, 1.165) is 0 Å². The van der Waals surface area contributed by atoms with Crippen LogP contribution in [-0.2, 0) is 4.74 Å². The van der Waals surface area contributed by atoms with Crippen LogP contribution in [0.3, 0.4) is 0 Å². The lowest BCUT2D eigenvalue weighted by Crippen LogP contribution is -2.16. The Morgan fingerprint density at radius 2 is 2.27 bits per heavy atom. The van der Waals surface area contributed by atoms with Crippen molar-refractivity contribution in [2.45, 2.75) is 13.8 Å². The smallest absolute Gasteiger partial charge is 0.411 e. The van der Waals surface area contributed by atoms with Gasteiger partial charge in [0, 0.05) is 11.4 Å². The number of nitrogens with two attached hydrogens (primary N) is 1. The first kappa shape index (κ1) is 11.4. The van der Waals surface area contributed by atoms with Crippen LogP contribution < -0.4 is 11.1 Å². The first-order valence-electron chi connectivity index (χ1n) is 4.87. The van der Waals surface area contributed by atoms with Gasteiger partial charge < -0.3 is 10.5 Å². The maximum atomic E-state index is 11.3. The number of amides is 1. The molecule has 4 nitrogen and oxygen atoms in total. The summed E-state index contributed by atoms with van der Waals surface area (Å²) < 4.78 is 4.96. The van der Waals surface area contributed by atoms with Crippen LogP contribution in [0.15, 0.2) is 24.3 Å². The van der Waals surface area contributed by atoms with Crippen LogP contribution in [0.2, 0.25) is 0 Å². The van der Waals surface area contributed by atoms with Crippen molar-refractivity contribution in [2.75, 3.05) is 17.7 Å². The number of nitrogen functional groups attached to an aromatic ring is 1. The third-order valence-corrected chi connectivity index (χ3v) is 1.68. The van der Waals surface area contributed by atoms with E-state index in [0.29, 0.717) is 23.9 Å². The van der Waals surface area contributed by atoms with E-state index in [1.54, 1.807) is 24.3 Å². The van der Waals surface area contributed by atoms with Crippen LogP contribution in [-0.4, -0.2) is 12.7 Å². The van der Waals surface area contributed by atoms with Crippen LogP contribution in [0.5, 0.6) is 0 Å². The van der Waals surface area contributed by atoms with Crippen molar-refractivity contribution in [3.05, 3.63) is 24.3 Å². The van der Waals surface area contributed by atoms with Gasteiger partial charge in [0.1, 0.15) is 0 Å². The Kier molecular flexibility index (Phi) is 3.97. The minimum Gasteiger partial charge on any atom is -0.449 e. The number of carbonyl (C=O) groups is 1. The molecule has 1 aromatic rings. The summed E-state index contributed by atoms with van der Waals surface area (Å²) in [5.74, 6) is 0.330. The van der Waals surface area contributed by atoms with Gasteiger partial charge in [-0.2, -0.15) is 0 Å². The maximum absolute atomic E-state index is 11.3. The molecule has 0 aliphatic rings. The van der Waals surface area contributed by atoms with Gasteiger partial charge in [0.05, 0.1) is 6.61 Å². The minimum atomic E-state index is -0.450. The predicted octanol–water partition coefficient (Wildman–Crippen LogP) is 2.47. The first-order valence-corrected chi connectivity index (χ1v) is 4.87. The summed E-state index contributed by atoms with van der Waals surface area (Å²) in [4.78, 5) is 11.3. The molecule has 1 rings (SSSR count). The van der Waals surface area contributed by atoms with Gasteiger partial charge in [0.2, 0.25) is 0 Å². The summed E-state index contributed by atoms with van der Waals surface area (Å²) in [5.41, 5.74) is 6.81. The second-order valence-electron chi connectivity index (χ2n) is 3.74. The Morgan fingerprint density at radius 3 is 2.87 bits per heavy atom. The first-order chi connectivity index (χ1) is 7.08. The Labute approximate surface area is 89.4 Å². The SMILES string of the molecule is CC(C)COC(=O)Nc1cccc(N)c1. The lowest BCUT2D eigenvalue weighted by Gasteiger charge is -2.08. The van der Waals surface area contributed by atoms with Gasteiger partial charge in [-0.3, -0.25) is 5.32 Å². The highest BCUT2D eigenvalue weighted by Crippen LogP contribution is 2.11. The molecule has 0 aliphatic heterocycles. The molecular formula is C11H16N2O2. The van der Waals surface area contributed by atoms with Crippen molar-refractivity contribution in [3.8, 4) is 0 Å². The third-order valence-electron chi connectivity index (χ3n) is 1.68. The van der Waals surface area contributed by atoms with Gasteiger partial charge in [-0.05, 0) is 24.1 Å². The largest absolute Gasteiger partial charge is 0.449 e. The van der Waals surface area contributed by atoms with E-state index in [9.17, 15) is 4.79 Å².